The summed E-state index contributed by atoms with van der Waals surface area (Å²) in [6, 6.07) is 5.42. The van der Waals surface area contributed by atoms with Crippen molar-refractivity contribution in [2.45, 2.75) is 18.9 Å². The Morgan fingerprint density at radius 3 is 2.35 bits per heavy atom. The van der Waals surface area contributed by atoms with Crippen LogP contribution in [0.3, 0.4) is 0 Å². The molecule has 2 atom stereocenters. The zero-order chi connectivity index (χ0) is 13.0. The standard InChI is InChI=1S/C10H11ClN2O4/c1-7(13(16)17)9(6-12(14)15)8-4-2-3-5-10(8)11/h2-5,7,9H,6H2,1H3/t7-,9-/m0/s1. The van der Waals surface area contributed by atoms with E-state index in [1.807, 2.05) is 0 Å². The van der Waals surface area contributed by atoms with Gasteiger partial charge in [0.25, 0.3) is 0 Å². The minimum Gasteiger partial charge on any atom is -0.265 e. The Hall–Kier alpha value is -1.69. The van der Waals surface area contributed by atoms with Gasteiger partial charge in [0.2, 0.25) is 12.6 Å². The van der Waals surface area contributed by atoms with E-state index in [1.54, 1.807) is 24.3 Å². The van der Waals surface area contributed by atoms with E-state index in [2.05, 4.69) is 0 Å². The maximum Gasteiger partial charge on any atom is 0.223 e. The Morgan fingerprint density at radius 1 is 1.29 bits per heavy atom. The second-order valence-corrected chi connectivity index (χ2v) is 4.08. The monoisotopic (exact) mass is 258 g/mol. The van der Waals surface area contributed by atoms with Crippen molar-refractivity contribution >= 4 is 11.6 Å². The largest absolute Gasteiger partial charge is 0.265 e. The van der Waals surface area contributed by atoms with Crippen molar-refractivity contribution in [2.24, 2.45) is 0 Å². The molecule has 6 nitrogen and oxygen atoms in total. The number of benzene rings is 1. The summed E-state index contributed by atoms with van der Waals surface area (Å²) in [5.41, 5.74) is 0.440. The van der Waals surface area contributed by atoms with Gasteiger partial charge >= 0.3 is 0 Å². The molecule has 0 N–H and O–H groups in total. The third-order valence-electron chi connectivity index (χ3n) is 2.57. The second kappa shape index (κ2) is 5.58. The van der Waals surface area contributed by atoms with Gasteiger partial charge in [-0.15, -0.1) is 0 Å². The van der Waals surface area contributed by atoms with Crippen LogP contribution >= 0.6 is 11.6 Å². The molecule has 1 aromatic carbocycles. The lowest BCUT2D eigenvalue weighted by Gasteiger charge is -2.15. The SMILES string of the molecule is C[C@@H]([C@H](C[N+](=O)[O-])c1ccccc1Cl)[N+](=O)[O-]. The quantitative estimate of drug-likeness (QED) is 0.599. The molecule has 0 radical (unpaired) electrons. The predicted molar refractivity (Wildman–Crippen MR) is 62.5 cm³/mol. The molecule has 1 aromatic rings. The van der Waals surface area contributed by atoms with Gasteiger partial charge in [0.05, 0.1) is 0 Å². The van der Waals surface area contributed by atoms with Crippen LogP contribution in [0.25, 0.3) is 0 Å². The molecule has 0 aliphatic carbocycles. The Morgan fingerprint density at radius 2 is 1.88 bits per heavy atom. The fourth-order valence-corrected chi connectivity index (χ4v) is 1.87. The third kappa shape index (κ3) is 3.39. The molecule has 17 heavy (non-hydrogen) atoms. The highest BCUT2D eigenvalue weighted by atomic mass is 35.5. The fourth-order valence-electron chi connectivity index (χ4n) is 1.59. The van der Waals surface area contributed by atoms with Gasteiger partial charge < -0.3 is 0 Å². The summed E-state index contributed by atoms with van der Waals surface area (Å²) in [4.78, 5) is 20.2. The zero-order valence-electron chi connectivity index (χ0n) is 9.08. The normalized spacial score (nSPS) is 14.0. The maximum absolute atomic E-state index is 10.7. The van der Waals surface area contributed by atoms with Gasteiger partial charge in [-0.25, -0.2) is 0 Å². The summed E-state index contributed by atoms with van der Waals surface area (Å²) >= 11 is 5.91. The molecule has 0 spiro atoms. The first-order valence-electron chi connectivity index (χ1n) is 4.93. The van der Waals surface area contributed by atoms with Crippen molar-refractivity contribution in [1.82, 2.24) is 0 Å². The van der Waals surface area contributed by atoms with Crippen LogP contribution in [-0.2, 0) is 0 Å². The number of nitro groups is 2. The van der Waals surface area contributed by atoms with Crippen LogP contribution in [0.15, 0.2) is 24.3 Å². The van der Waals surface area contributed by atoms with E-state index in [-0.39, 0.29) is 0 Å². The number of hydrogen-bond donors (Lipinski definition) is 0. The molecule has 0 fully saturated rings. The van der Waals surface area contributed by atoms with Gasteiger partial charge in [0.1, 0.15) is 5.92 Å². The summed E-state index contributed by atoms with van der Waals surface area (Å²) in [7, 11) is 0. The van der Waals surface area contributed by atoms with Crippen LogP contribution in [-0.4, -0.2) is 22.4 Å². The predicted octanol–water partition coefficient (Wildman–Crippen LogP) is 2.37. The van der Waals surface area contributed by atoms with Gasteiger partial charge in [-0.05, 0) is 11.6 Å². The number of nitrogens with zero attached hydrogens (tertiary/aromatic N) is 2. The number of rotatable bonds is 5. The molecule has 0 saturated carbocycles. The van der Waals surface area contributed by atoms with Gasteiger partial charge in [0, 0.05) is 21.8 Å². The molecule has 1 rings (SSSR count). The van der Waals surface area contributed by atoms with Crippen molar-refractivity contribution in [3.63, 3.8) is 0 Å². The molecule has 7 heteroatoms. The molecule has 0 aliphatic heterocycles. The lowest BCUT2D eigenvalue weighted by molar-refractivity contribution is -0.543. The van der Waals surface area contributed by atoms with Gasteiger partial charge in [-0.2, -0.15) is 0 Å². The lowest BCUT2D eigenvalue weighted by atomic mass is 9.93. The van der Waals surface area contributed by atoms with Crippen LogP contribution in [0, 0.1) is 20.2 Å². The Balaban J connectivity index is 3.10. The molecule has 0 aromatic heterocycles. The highest BCUT2D eigenvalue weighted by Gasteiger charge is 2.33. The van der Waals surface area contributed by atoms with E-state index < -0.39 is 28.4 Å². The highest BCUT2D eigenvalue weighted by Crippen LogP contribution is 2.28. The fraction of sp³-hybridized carbons (Fsp3) is 0.400. The Kier molecular flexibility index (Phi) is 4.39. The Bertz CT molecular complexity index is 438. The van der Waals surface area contributed by atoms with E-state index in [9.17, 15) is 20.2 Å². The van der Waals surface area contributed by atoms with Gasteiger partial charge in [-0.3, -0.25) is 20.2 Å². The van der Waals surface area contributed by atoms with E-state index in [1.165, 1.54) is 6.92 Å². The van der Waals surface area contributed by atoms with E-state index in [4.69, 9.17) is 11.6 Å². The summed E-state index contributed by atoms with van der Waals surface area (Å²) < 4.78 is 0. The maximum atomic E-state index is 10.7. The first-order chi connectivity index (χ1) is 7.93. The first kappa shape index (κ1) is 13.4. The second-order valence-electron chi connectivity index (χ2n) is 3.67. The van der Waals surface area contributed by atoms with Crippen molar-refractivity contribution < 1.29 is 9.85 Å². The van der Waals surface area contributed by atoms with E-state index >= 15 is 0 Å². The van der Waals surface area contributed by atoms with Crippen LogP contribution in [0.4, 0.5) is 0 Å². The summed E-state index contributed by atoms with van der Waals surface area (Å²) in [6.45, 7) is 0.837. The molecular weight excluding hydrogens is 248 g/mol. The van der Waals surface area contributed by atoms with Gasteiger partial charge in [0.15, 0.2) is 0 Å². The van der Waals surface area contributed by atoms with Crippen LogP contribution in [0.1, 0.15) is 18.4 Å². The Labute approximate surface area is 103 Å². The smallest absolute Gasteiger partial charge is 0.223 e. The average Bonchev–Trinajstić information content (AvgIpc) is 2.25. The molecule has 0 amide bonds. The van der Waals surface area contributed by atoms with Crippen LogP contribution < -0.4 is 0 Å². The summed E-state index contributed by atoms with van der Waals surface area (Å²) in [5, 5.41) is 21.6. The van der Waals surface area contributed by atoms with Crippen molar-refractivity contribution in [3.05, 3.63) is 55.1 Å². The minimum atomic E-state index is -1.06. The lowest BCUT2D eigenvalue weighted by Crippen LogP contribution is -2.29. The number of halogens is 1. The molecule has 0 aliphatic rings. The summed E-state index contributed by atoms with van der Waals surface area (Å²) in [5.74, 6) is -0.825. The average molecular weight is 259 g/mol. The molecular formula is C10H11ClN2O4. The topological polar surface area (TPSA) is 86.3 Å². The van der Waals surface area contributed by atoms with Crippen LogP contribution in [0.5, 0.6) is 0 Å². The molecule has 0 bridgehead atoms. The summed E-state index contributed by atoms with van der Waals surface area (Å²) in [6.07, 6.45) is 0. The molecule has 0 unspecified atom stereocenters. The zero-order valence-corrected chi connectivity index (χ0v) is 9.83. The van der Waals surface area contributed by atoms with E-state index in [0.29, 0.717) is 10.6 Å². The molecule has 0 heterocycles. The van der Waals surface area contributed by atoms with Crippen molar-refractivity contribution in [3.8, 4) is 0 Å². The third-order valence-corrected chi connectivity index (χ3v) is 2.91. The van der Waals surface area contributed by atoms with Crippen LogP contribution in [0.2, 0.25) is 5.02 Å². The first-order valence-corrected chi connectivity index (χ1v) is 5.31. The van der Waals surface area contributed by atoms with Crippen molar-refractivity contribution in [2.75, 3.05) is 6.54 Å². The molecule has 0 saturated heterocycles. The minimum absolute atomic E-state index is 0.313. The van der Waals surface area contributed by atoms with E-state index in [0.717, 1.165) is 0 Å². The molecule has 92 valence electrons. The van der Waals surface area contributed by atoms with Crippen molar-refractivity contribution in [1.29, 1.82) is 0 Å². The highest BCUT2D eigenvalue weighted by molar-refractivity contribution is 6.31. The van der Waals surface area contributed by atoms with Gasteiger partial charge in [-0.1, -0.05) is 29.8 Å². The number of hydrogen-bond acceptors (Lipinski definition) is 4.